The zero-order valence-corrected chi connectivity index (χ0v) is 8.40. The zero-order chi connectivity index (χ0) is 9.14. The Morgan fingerprint density at radius 2 is 2.00 bits per heavy atom. The first-order valence-electron chi connectivity index (χ1n) is 3.89. The summed E-state index contributed by atoms with van der Waals surface area (Å²) in [5, 5.41) is 0. The molecule has 0 radical (unpaired) electrons. The Hall–Kier alpha value is -0.690. The van der Waals surface area contributed by atoms with Gasteiger partial charge in [0.1, 0.15) is 5.75 Å². The first kappa shape index (κ1) is 9.40. The van der Waals surface area contributed by atoms with E-state index in [2.05, 4.69) is 6.92 Å². The molecule has 2 heteroatoms. The zero-order valence-electron chi connectivity index (χ0n) is 7.65. The Bertz CT molecular complexity index is 281. The van der Waals surface area contributed by atoms with Crippen LogP contribution in [0.5, 0.6) is 5.75 Å². The van der Waals surface area contributed by atoms with Gasteiger partial charge in [-0.15, -0.1) is 11.6 Å². The van der Waals surface area contributed by atoms with Crippen LogP contribution in [0.25, 0.3) is 0 Å². The van der Waals surface area contributed by atoms with E-state index in [1.54, 1.807) is 7.11 Å². The molecule has 1 nitrogen and oxygen atoms in total. The molecular formula is C10H13ClO. The number of halogens is 1. The number of rotatable bonds is 2. The molecule has 0 heterocycles. The SMILES string of the molecule is COc1ccc(C)c(CCl)c1C. The number of hydrogen-bond donors (Lipinski definition) is 0. The minimum absolute atomic E-state index is 0.550. The Kier molecular flexibility index (Phi) is 2.99. The van der Waals surface area contributed by atoms with Gasteiger partial charge in [-0.2, -0.15) is 0 Å². The van der Waals surface area contributed by atoms with Crippen molar-refractivity contribution in [3.05, 3.63) is 28.8 Å². The highest BCUT2D eigenvalue weighted by molar-refractivity contribution is 6.17. The molecule has 0 aromatic heterocycles. The highest BCUT2D eigenvalue weighted by atomic mass is 35.5. The topological polar surface area (TPSA) is 9.23 Å². The highest BCUT2D eigenvalue weighted by Crippen LogP contribution is 2.25. The standard InChI is InChI=1S/C10H13ClO/c1-7-4-5-10(12-3)8(2)9(7)6-11/h4-5H,6H2,1-3H3. The predicted molar refractivity (Wildman–Crippen MR) is 52.0 cm³/mol. The largest absolute Gasteiger partial charge is 0.496 e. The molecule has 0 bridgehead atoms. The lowest BCUT2D eigenvalue weighted by Crippen LogP contribution is -1.94. The van der Waals surface area contributed by atoms with Crippen molar-refractivity contribution >= 4 is 11.6 Å². The summed E-state index contributed by atoms with van der Waals surface area (Å²) in [4.78, 5) is 0. The molecule has 1 aromatic rings. The van der Waals surface area contributed by atoms with Crippen LogP contribution in [0.1, 0.15) is 16.7 Å². The molecule has 66 valence electrons. The summed E-state index contributed by atoms with van der Waals surface area (Å²) >= 11 is 5.81. The fraction of sp³-hybridized carbons (Fsp3) is 0.400. The molecule has 0 atom stereocenters. The van der Waals surface area contributed by atoms with E-state index in [4.69, 9.17) is 16.3 Å². The summed E-state index contributed by atoms with van der Waals surface area (Å²) in [5.41, 5.74) is 3.55. The van der Waals surface area contributed by atoms with E-state index in [1.165, 1.54) is 11.1 Å². The molecule has 0 aliphatic heterocycles. The van der Waals surface area contributed by atoms with Gasteiger partial charge in [0.2, 0.25) is 0 Å². The van der Waals surface area contributed by atoms with Crippen molar-refractivity contribution < 1.29 is 4.74 Å². The molecule has 0 amide bonds. The van der Waals surface area contributed by atoms with Gasteiger partial charge in [-0.3, -0.25) is 0 Å². The summed E-state index contributed by atoms with van der Waals surface area (Å²) in [7, 11) is 1.68. The second-order valence-corrected chi connectivity index (χ2v) is 3.09. The fourth-order valence-corrected chi connectivity index (χ4v) is 1.71. The Morgan fingerprint density at radius 1 is 1.33 bits per heavy atom. The van der Waals surface area contributed by atoms with Crippen LogP contribution >= 0.6 is 11.6 Å². The van der Waals surface area contributed by atoms with Crippen LogP contribution in [-0.4, -0.2) is 7.11 Å². The smallest absolute Gasteiger partial charge is 0.122 e. The van der Waals surface area contributed by atoms with Crippen molar-refractivity contribution in [1.29, 1.82) is 0 Å². The molecule has 1 aromatic carbocycles. The third kappa shape index (κ3) is 1.56. The van der Waals surface area contributed by atoms with E-state index < -0.39 is 0 Å². The van der Waals surface area contributed by atoms with Gasteiger partial charge in [0.25, 0.3) is 0 Å². The van der Waals surface area contributed by atoms with E-state index in [-0.39, 0.29) is 0 Å². The summed E-state index contributed by atoms with van der Waals surface area (Å²) in [6, 6.07) is 4.00. The maximum atomic E-state index is 5.81. The van der Waals surface area contributed by atoms with Gasteiger partial charge in [0.05, 0.1) is 7.11 Å². The van der Waals surface area contributed by atoms with Crippen molar-refractivity contribution in [2.24, 2.45) is 0 Å². The van der Waals surface area contributed by atoms with E-state index in [9.17, 15) is 0 Å². The number of benzene rings is 1. The van der Waals surface area contributed by atoms with Crippen LogP contribution in [0.3, 0.4) is 0 Å². The first-order valence-corrected chi connectivity index (χ1v) is 4.43. The van der Waals surface area contributed by atoms with Crippen LogP contribution in [0, 0.1) is 13.8 Å². The molecule has 12 heavy (non-hydrogen) atoms. The van der Waals surface area contributed by atoms with Gasteiger partial charge in [-0.1, -0.05) is 6.07 Å². The number of methoxy groups -OCH3 is 1. The van der Waals surface area contributed by atoms with Crippen LogP contribution in [0.2, 0.25) is 0 Å². The Morgan fingerprint density at radius 3 is 2.50 bits per heavy atom. The molecule has 1 rings (SSSR count). The van der Waals surface area contributed by atoms with Crippen molar-refractivity contribution in [2.45, 2.75) is 19.7 Å². The van der Waals surface area contributed by atoms with Crippen LogP contribution in [-0.2, 0) is 5.88 Å². The van der Waals surface area contributed by atoms with Gasteiger partial charge in [0.15, 0.2) is 0 Å². The molecule has 0 saturated heterocycles. The Labute approximate surface area is 78.3 Å². The third-order valence-corrected chi connectivity index (χ3v) is 2.40. The lowest BCUT2D eigenvalue weighted by molar-refractivity contribution is 0.411. The van der Waals surface area contributed by atoms with Crippen LogP contribution < -0.4 is 4.74 Å². The minimum Gasteiger partial charge on any atom is -0.496 e. The molecule has 0 fully saturated rings. The first-order chi connectivity index (χ1) is 5.70. The molecule has 0 aliphatic carbocycles. The third-order valence-electron chi connectivity index (χ3n) is 2.14. The van der Waals surface area contributed by atoms with Gasteiger partial charge in [-0.25, -0.2) is 0 Å². The van der Waals surface area contributed by atoms with E-state index >= 15 is 0 Å². The average molecular weight is 185 g/mol. The lowest BCUT2D eigenvalue weighted by atomic mass is 10.0. The number of ether oxygens (including phenoxy) is 1. The van der Waals surface area contributed by atoms with Crippen LogP contribution in [0.4, 0.5) is 0 Å². The van der Waals surface area contributed by atoms with Gasteiger partial charge in [-0.05, 0) is 36.6 Å². The number of alkyl halides is 1. The maximum absolute atomic E-state index is 5.81. The quantitative estimate of drug-likeness (QED) is 0.642. The summed E-state index contributed by atoms with van der Waals surface area (Å²) in [6.45, 7) is 4.09. The second-order valence-electron chi connectivity index (χ2n) is 2.82. The van der Waals surface area contributed by atoms with Crippen molar-refractivity contribution in [3.8, 4) is 5.75 Å². The van der Waals surface area contributed by atoms with E-state index in [1.807, 2.05) is 19.1 Å². The van der Waals surface area contributed by atoms with Crippen molar-refractivity contribution in [1.82, 2.24) is 0 Å². The normalized spacial score (nSPS) is 10.0. The highest BCUT2D eigenvalue weighted by Gasteiger charge is 2.05. The maximum Gasteiger partial charge on any atom is 0.122 e. The average Bonchev–Trinajstić information content (AvgIpc) is 2.06. The van der Waals surface area contributed by atoms with Crippen molar-refractivity contribution in [3.63, 3.8) is 0 Å². The monoisotopic (exact) mass is 184 g/mol. The van der Waals surface area contributed by atoms with Gasteiger partial charge >= 0.3 is 0 Å². The molecule has 0 aliphatic rings. The van der Waals surface area contributed by atoms with Crippen molar-refractivity contribution in [2.75, 3.05) is 7.11 Å². The van der Waals surface area contributed by atoms with E-state index in [0.29, 0.717) is 5.88 Å². The summed E-state index contributed by atoms with van der Waals surface area (Å²) in [5.74, 6) is 1.46. The van der Waals surface area contributed by atoms with Gasteiger partial charge < -0.3 is 4.74 Å². The fourth-order valence-electron chi connectivity index (χ4n) is 1.30. The van der Waals surface area contributed by atoms with E-state index in [0.717, 1.165) is 11.3 Å². The Balaban J connectivity index is 3.24. The number of hydrogen-bond acceptors (Lipinski definition) is 1. The molecule has 0 saturated carbocycles. The second kappa shape index (κ2) is 3.81. The predicted octanol–water partition coefficient (Wildman–Crippen LogP) is 3.05. The van der Waals surface area contributed by atoms with Gasteiger partial charge in [0, 0.05) is 5.88 Å². The van der Waals surface area contributed by atoms with Crippen LogP contribution in [0.15, 0.2) is 12.1 Å². The lowest BCUT2D eigenvalue weighted by Gasteiger charge is -2.10. The summed E-state index contributed by atoms with van der Waals surface area (Å²) in [6.07, 6.45) is 0. The molecular weight excluding hydrogens is 172 g/mol. The molecule has 0 unspecified atom stereocenters. The summed E-state index contributed by atoms with van der Waals surface area (Å²) < 4.78 is 5.18. The minimum atomic E-state index is 0.550. The number of aryl methyl sites for hydroxylation is 1. The molecule has 0 spiro atoms. The molecule has 0 N–H and O–H groups in total.